The van der Waals surface area contributed by atoms with Crippen LogP contribution < -0.4 is 5.32 Å². The van der Waals surface area contributed by atoms with Crippen LogP contribution in [-0.4, -0.2) is 41.7 Å². The Morgan fingerprint density at radius 2 is 1.53 bits per heavy atom. The van der Waals surface area contributed by atoms with Crippen LogP contribution in [-0.2, 0) is 14.3 Å². The summed E-state index contributed by atoms with van der Waals surface area (Å²) in [5.41, 5.74) is 0.199. The number of benzene rings is 3. The third kappa shape index (κ3) is 4.34. The summed E-state index contributed by atoms with van der Waals surface area (Å²) in [4.78, 5) is 50.4. The maximum atomic E-state index is 13.6. The van der Waals surface area contributed by atoms with Crippen LogP contribution in [0, 0.1) is 17.5 Å². The summed E-state index contributed by atoms with van der Waals surface area (Å²) in [5, 5.41) is 3.35. The molecule has 10 heteroatoms. The van der Waals surface area contributed by atoms with Crippen LogP contribution in [0.4, 0.5) is 18.9 Å². The molecular formula is C24H17F3N2O5. The van der Waals surface area contributed by atoms with E-state index in [4.69, 9.17) is 4.74 Å². The molecule has 0 aliphatic carbocycles. The SMILES string of the molecule is O=C(COC(=O)CCCN1C(=O)c2cccc3cccc(c23)C1=O)Nc1ccc(F)c(F)c1F. The second-order valence-electron chi connectivity index (χ2n) is 7.51. The summed E-state index contributed by atoms with van der Waals surface area (Å²) in [7, 11) is 0. The van der Waals surface area contributed by atoms with Gasteiger partial charge in [0.25, 0.3) is 17.7 Å². The highest BCUT2D eigenvalue weighted by molar-refractivity contribution is 6.25. The molecule has 0 atom stereocenters. The fourth-order valence-electron chi connectivity index (χ4n) is 3.69. The lowest BCUT2D eigenvalue weighted by Gasteiger charge is -2.27. The third-order valence-corrected chi connectivity index (χ3v) is 5.29. The zero-order valence-electron chi connectivity index (χ0n) is 17.6. The quantitative estimate of drug-likeness (QED) is 0.322. The first-order valence-electron chi connectivity index (χ1n) is 10.2. The van der Waals surface area contributed by atoms with Crippen LogP contribution in [0.15, 0.2) is 48.5 Å². The Labute approximate surface area is 191 Å². The predicted octanol–water partition coefficient (Wildman–Crippen LogP) is 3.82. The molecule has 0 radical (unpaired) electrons. The second kappa shape index (κ2) is 9.34. The summed E-state index contributed by atoms with van der Waals surface area (Å²) in [6.45, 7) is -0.821. The Balaban J connectivity index is 1.29. The molecule has 4 rings (SSSR count). The number of carbonyl (C=O) groups is 4. The fourth-order valence-corrected chi connectivity index (χ4v) is 3.69. The lowest BCUT2D eigenvalue weighted by Crippen LogP contribution is -2.41. The zero-order valence-corrected chi connectivity index (χ0v) is 17.6. The number of hydrogen-bond donors (Lipinski definition) is 1. The second-order valence-corrected chi connectivity index (χ2v) is 7.51. The van der Waals surface area contributed by atoms with E-state index in [1.165, 1.54) is 0 Å². The van der Waals surface area contributed by atoms with Crippen molar-refractivity contribution in [2.24, 2.45) is 0 Å². The fraction of sp³-hybridized carbons (Fsp3) is 0.167. The monoisotopic (exact) mass is 470 g/mol. The maximum absolute atomic E-state index is 13.6. The van der Waals surface area contributed by atoms with Crippen LogP contribution in [0.1, 0.15) is 33.6 Å². The highest BCUT2D eigenvalue weighted by Gasteiger charge is 2.32. The molecule has 3 amide bonds. The van der Waals surface area contributed by atoms with Crippen molar-refractivity contribution in [2.45, 2.75) is 12.8 Å². The number of anilines is 1. The molecule has 0 unspecified atom stereocenters. The number of rotatable bonds is 7. The molecule has 3 aromatic carbocycles. The molecule has 0 saturated heterocycles. The highest BCUT2D eigenvalue weighted by Crippen LogP contribution is 2.30. The molecule has 174 valence electrons. The Kier molecular flexibility index (Phi) is 6.31. The number of ether oxygens (including phenoxy) is 1. The first kappa shape index (κ1) is 23.0. The van der Waals surface area contributed by atoms with Gasteiger partial charge in [-0.05, 0) is 36.1 Å². The van der Waals surface area contributed by atoms with Crippen molar-refractivity contribution in [3.05, 3.63) is 77.1 Å². The average Bonchev–Trinajstić information content (AvgIpc) is 2.83. The molecule has 1 aliphatic rings. The summed E-state index contributed by atoms with van der Waals surface area (Å²) in [5.74, 6) is -7.40. The van der Waals surface area contributed by atoms with Gasteiger partial charge in [-0.25, -0.2) is 13.2 Å². The van der Waals surface area contributed by atoms with E-state index >= 15 is 0 Å². The molecule has 1 aliphatic heterocycles. The van der Waals surface area contributed by atoms with Crippen molar-refractivity contribution in [2.75, 3.05) is 18.5 Å². The van der Waals surface area contributed by atoms with E-state index in [1.54, 1.807) is 24.3 Å². The molecule has 34 heavy (non-hydrogen) atoms. The van der Waals surface area contributed by atoms with Gasteiger partial charge in [0, 0.05) is 29.5 Å². The molecule has 7 nitrogen and oxygen atoms in total. The van der Waals surface area contributed by atoms with Crippen LogP contribution in [0.2, 0.25) is 0 Å². The number of hydrogen-bond acceptors (Lipinski definition) is 5. The van der Waals surface area contributed by atoms with Gasteiger partial charge in [0.15, 0.2) is 24.1 Å². The minimum atomic E-state index is -1.74. The van der Waals surface area contributed by atoms with Crippen molar-refractivity contribution in [3.63, 3.8) is 0 Å². The summed E-state index contributed by atoms with van der Waals surface area (Å²) in [6, 6.07) is 11.8. The Hall–Kier alpha value is -4.21. The van der Waals surface area contributed by atoms with Crippen molar-refractivity contribution in [1.29, 1.82) is 0 Å². The lowest BCUT2D eigenvalue weighted by atomic mass is 9.94. The van der Waals surface area contributed by atoms with E-state index in [2.05, 4.69) is 0 Å². The third-order valence-electron chi connectivity index (χ3n) is 5.29. The number of halogens is 3. The summed E-state index contributed by atoms with van der Waals surface area (Å²) >= 11 is 0. The van der Waals surface area contributed by atoms with Crippen LogP contribution in [0.3, 0.4) is 0 Å². The highest BCUT2D eigenvalue weighted by atomic mass is 19.2. The minimum Gasteiger partial charge on any atom is -0.456 e. The Morgan fingerprint density at radius 3 is 2.18 bits per heavy atom. The van der Waals surface area contributed by atoms with Crippen molar-refractivity contribution < 1.29 is 37.1 Å². The predicted molar refractivity (Wildman–Crippen MR) is 114 cm³/mol. The van der Waals surface area contributed by atoms with E-state index in [0.29, 0.717) is 22.6 Å². The van der Waals surface area contributed by atoms with Crippen molar-refractivity contribution in [3.8, 4) is 0 Å². The standard InChI is InChI=1S/C24H17F3N2O5/c25-16-9-10-17(22(27)21(16)26)28-18(30)12-34-19(31)8-3-11-29-23(32)14-6-1-4-13-5-2-7-15(20(13)14)24(29)33/h1-2,4-7,9-10H,3,8,11-12H2,(H,28,30). The normalized spacial score (nSPS) is 12.7. The molecule has 0 saturated carbocycles. The number of amides is 3. The van der Waals surface area contributed by atoms with E-state index in [0.717, 1.165) is 16.4 Å². The molecular weight excluding hydrogens is 453 g/mol. The number of nitrogens with one attached hydrogen (secondary N) is 1. The topological polar surface area (TPSA) is 92.8 Å². The van der Waals surface area contributed by atoms with Crippen molar-refractivity contribution >= 4 is 40.2 Å². The van der Waals surface area contributed by atoms with Crippen LogP contribution in [0.25, 0.3) is 10.8 Å². The van der Waals surface area contributed by atoms with Crippen LogP contribution in [0.5, 0.6) is 0 Å². The van der Waals surface area contributed by atoms with E-state index < -0.39 is 53.4 Å². The lowest BCUT2D eigenvalue weighted by molar-refractivity contribution is -0.147. The molecule has 0 spiro atoms. The van der Waals surface area contributed by atoms with Gasteiger partial charge in [-0.2, -0.15) is 0 Å². The molecule has 1 N–H and O–H groups in total. The van der Waals surface area contributed by atoms with Gasteiger partial charge in [-0.3, -0.25) is 24.1 Å². The van der Waals surface area contributed by atoms with Gasteiger partial charge in [0.2, 0.25) is 0 Å². The first-order valence-corrected chi connectivity index (χ1v) is 10.2. The van der Waals surface area contributed by atoms with E-state index in [9.17, 15) is 32.3 Å². The van der Waals surface area contributed by atoms with Gasteiger partial charge in [-0.15, -0.1) is 0 Å². The number of nitrogens with zero attached hydrogens (tertiary/aromatic N) is 1. The molecule has 0 fully saturated rings. The van der Waals surface area contributed by atoms with Gasteiger partial charge in [0.1, 0.15) is 0 Å². The Bertz CT molecular complexity index is 1290. The Morgan fingerprint density at radius 1 is 0.882 bits per heavy atom. The van der Waals surface area contributed by atoms with E-state index in [-0.39, 0.29) is 19.4 Å². The van der Waals surface area contributed by atoms with Crippen LogP contribution >= 0.6 is 0 Å². The summed E-state index contributed by atoms with van der Waals surface area (Å²) < 4.78 is 44.5. The minimum absolute atomic E-state index is 0.0379. The smallest absolute Gasteiger partial charge is 0.306 e. The van der Waals surface area contributed by atoms with Gasteiger partial charge in [0.05, 0.1) is 5.69 Å². The number of imide groups is 1. The van der Waals surface area contributed by atoms with Gasteiger partial charge < -0.3 is 10.1 Å². The number of carbonyl (C=O) groups excluding carboxylic acids is 4. The van der Waals surface area contributed by atoms with E-state index in [1.807, 2.05) is 17.4 Å². The summed E-state index contributed by atoms with van der Waals surface area (Å²) in [6.07, 6.45) is -0.108. The zero-order chi connectivity index (χ0) is 24.4. The molecule has 0 bridgehead atoms. The molecule has 3 aromatic rings. The first-order chi connectivity index (χ1) is 16.3. The average molecular weight is 470 g/mol. The maximum Gasteiger partial charge on any atom is 0.306 e. The van der Waals surface area contributed by atoms with Gasteiger partial charge >= 0.3 is 5.97 Å². The molecule has 1 heterocycles. The van der Waals surface area contributed by atoms with Crippen molar-refractivity contribution in [1.82, 2.24) is 4.90 Å². The van der Waals surface area contributed by atoms with Gasteiger partial charge in [-0.1, -0.05) is 24.3 Å². The largest absolute Gasteiger partial charge is 0.456 e. The number of esters is 1. The molecule has 0 aromatic heterocycles.